The summed E-state index contributed by atoms with van der Waals surface area (Å²) in [6.07, 6.45) is -3.29. The third kappa shape index (κ3) is 3.83. The molecule has 3 rings (SSSR count). The van der Waals surface area contributed by atoms with Crippen molar-refractivity contribution in [1.82, 2.24) is 4.98 Å². The molecule has 0 radical (unpaired) electrons. The first kappa shape index (κ1) is 17.5. The number of amides is 1. The maximum atomic E-state index is 12.6. The number of benzene rings is 2. The first-order valence-electron chi connectivity index (χ1n) is 7.55. The van der Waals surface area contributed by atoms with Crippen LogP contribution in [0, 0.1) is 0 Å². The Bertz CT molecular complexity index is 955. The van der Waals surface area contributed by atoms with Gasteiger partial charge in [0.15, 0.2) is 0 Å². The first-order valence-corrected chi connectivity index (χ1v) is 7.55. The van der Waals surface area contributed by atoms with Gasteiger partial charge in [-0.25, -0.2) is 0 Å². The fourth-order valence-corrected chi connectivity index (χ4v) is 2.59. The van der Waals surface area contributed by atoms with Crippen LogP contribution in [0.5, 0.6) is 5.75 Å². The van der Waals surface area contributed by atoms with Crippen molar-refractivity contribution in [3.63, 3.8) is 0 Å². The van der Waals surface area contributed by atoms with E-state index in [1.807, 2.05) is 0 Å². The summed E-state index contributed by atoms with van der Waals surface area (Å²) in [6, 6.07) is 15.6. The summed E-state index contributed by atoms with van der Waals surface area (Å²) < 4.78 is 42.0. The third-order valence-corrected chi connectivity index (χ3v) is 3.63. The van der Waals surface area contributed by atoms with E-state index in [-0.39, 0.29) is 16.9 Å². The topological polar surface area (TPSA) is 65.2 Å². The van der Waals surface area contributed by atoms with Crippen LogP contribution < -0.4 is 10.5 Å². The van der Waals surface area contributed by atoms with Crippen molar-refractivity contribution in [2.24, 2.45) is 5.73 Å². The van der Waals surface area contributed by atoms with Gasteiger partial charge in [-0.05, 0) is 29.8 Å². The summed E-state index contributed by atoms with van der Waals surface area (Å²) in [5, 5.41) is 0. The fraction of sp³-hybridized carbons (Fsp3) is 0.0526. The van der Waals surface area contributed by atoms with E-state index in [2.05, 4.69) is 9.72 Å². The quantitative estimate of drug-likeness (QED) is 0.751. The molecule has 0 aliphatic rings. The number of pyridine rings is 1. The number of nitrogens with two attached hydrogens (primary N) is 1. The number of carbonyl (C=O) groups excluding carboxylic acids is 1. The summed E-state index contributed by atoms with van der Waals surface area (Å²) in [5.41, 5.74) is 7.27. The molecule has 0 unspecified atom stereocenters. The highest BCUT2D eigenvalue weighted by Crippen LogP contribution is 2.35. The Balaban J connectivity index is 2.09. The highest BCUT2D eigenvalue weighted by atomic mass is 19.4. The molecular weight excluding hydrogens is 345 g/mol. The van der Waals surface area contributed by atoms with Crippen LogP contribution in [0.3, 0.4) is 0 Å². The number of primary amides is 1. The zero-order valence-corrected chi connectivity index (χ0v) is 13.3. The van der Waals surface area contributed by atoms with E-state index in [9.17, 15) is 18.0 Å². The summed E-state index contributed by atoms with van der Waals surface area (Å²) >= 11 is 0. The van der Waals surface area contributed by atoms with Crippen LogP contribution in [-0.2, 0) is 0 Å². The molecule has 1 heterocycles. The maximum Gasteiger partial charge on any atom is 0.573 e. The molecule has 0 aliphatic carbocycles. The first-order chi connectivity index (χ1) is 12.3. The molecular formula is C19H13F3N2O2. The van der Waals surface area contributed by atoms with E-state index >= 15 is 0 Å². The molecule has 0 spiro atoms. The van der Waals surface area contributed by atoms with Gasteiger partial charge >= 0.3 is 6.36 Å². The second kappa shape index (κ2) is 6.87. The Hall–Kier alpha value is -3.35. The van der Waals surface area contributed by atoms with E-state index < -0.39 is 12.3 Å². The molecule has 26 heavy (non-hydrogen) atoms. The minimum absolute atomic E-state index is 0.226. The highest BCUT2D eigenvalue weighted by molar-refractivity contribution is 5.99. The monoisotopic (exact) mass is 358 g/mol. The predicted molar refractivity (Wildman–Crippen MR) is 90.3 cm³/mol. The second-order valence-corrected chi connectivity index (χ2v) is 5.39. The molecule has 1 amide bonds. The largest absolute Gasteiger partial charge is 0.573 e. The number of halogens is 3. The fourth-order valence-electron chi connectivity index (χ4n) is 2.59. The summed E-state index contributed by atoms with van der Waals surface area (Å²) in [5.74, 6) is -0.951. The van der Waals surface area contributed by atoms with E-state index in [1.165, 1.54) is 30.5 Å². The third-order valence-electron chi connectivity index (χ3n) is 3.63. The number of hydrogen-bond acceptors (Lipinski definition) is 3. The predicted octanol–water partition coefficient (Wildman–Crippen LogP) is 4.41. The lowest BCUT2D eigenvalue weighted by atomic mass is 9.99. The summed E-state index contributed by atoms with van der Waals surface area (Å²) in [4.78, 5) is 15.8. The van der Waals surface area contributed by atoms with Crippen LogP contribution in [0.1, 0.15) is 10.4 Å². The molecule has 2 aromatic carbocycles. The lowest BCUT2D eigenvalue weighted by Gasteiger charge is -2.14. The van der Waals surface area contributed by atoms with Crippen LogP contribution in [0.15, 0.2) is 66.9 Å². The molecule has 0 aliphatic heterocycles. The van der Waals surface area contributed by atoms with Crippen LogP contribution in [0.4, 0.5) is 13.2 Å². The van der Waals surface area contributed by atoms with Gasteiger partial charge in [0.25, 0.3) is 5.91 Å². The number of para-hydroxylation sites is 1. The molecule has 7 heteroatoms. The molecule has 1 aromatic heterocycles. The number of rotatable bonds is 4. The Labute approximate surface area is 147 Å². The van der Waals surface area contributed by atoms with Crippen molar-refractivity contribution in [3.05, 3.63) is 72.4 Å². The zero-order chi connectivity index (χ0) is 18.7. The van der Waals surface area contributed by atoms with Crippen LogP contribution >= 0.6 is 0 Å². The van der Waals surface area contributed by atoms with Gasteiger partial charge in [-0.1, -0.05) is 36.4 Å². The lowest BCUT2D eigenvalue weighted by Crippen LogP contribution is -2.17. The Kier molecular flexibility index (Phi) is 4.62. The number of hydrogen-bond donors (Lipinski definition) is 1. The van der Waals surface area contributed by atoms with Crippen molar-refractivity contribution in [2.75, 3.05) is 0 Å². The number of carbonyl (C=O) groups is 1. The number of nitrogens with zero attached hydrogens (tertiary/aromatic N) is 1. The van der Waals surface area contributed by atoms with Gasteiger partial charge in [0.05, 0.1) is 11.3 Å². The number of ether oxygens (including phenoxy) is 1. The Morgan fingerprint density at radius 1 is 0.962 bits per heavy atom. The van der Waals surface area contributed by atoms with E-state index in [0.717, 1.165) is 0 Å². The average Bonchev–Trinajstić information content (AvgIpc) is 2.61. The van der Waals surface area contributed by atoms with Crippen molar-refractivity contribution in [3.8, 4) is 28.1 Å². The van der Waals surface area contributed by atoms with Crippen LogP contribution in [0.25, 0.3) is 22.4 Å². The average molecular weight is 358 g/mol. The standard InChI is InChI=1S/C19H13F3N2O2/c20-19(21,22)26-16-9-2-1-7-14(16)12-5-3-6-13(11-12)17-15(18(23)25)8-4-10-24-17/h1-11H,(H2,23,25). The highest BCUT2D eigenvalue weighted by Gasteiger charge is 2.32. The molecule has 0 fully saturated rings. The number of aromatic nitrogens is 1. The number of alkyl halides is 3. The van der Waals surface area contributed by atoms with Gasteiger partial charge < -0.3 is 10.5 Å². The lowest BCUT2D eigenvalue weighted by molar-refractivity contribution is -0.274. The molecule has 0 saturated carbocycles. The molecule has 0 atom stereocenters. The van der Waals surface area contributed by atoms with Crippen molar-refractivity contribution >= 4 is 5.91 Å². The van der Waals surface area contributed by atoms with Gasteiger partial charge in [0, 0.05) is 17.3 Å². The van der Waals surface area contributed by atoms with Crippen molar-refractivity contribution < 1.29 is 22.7 Å². The minimum Gasteiger partial charge on any atom is -0.405 e. The smallest absolute Gasteiger partial charge is 0.405 e. The van der Waals surface area contributed by atoms with Gasteiger partial charge in [-0.15, -0.1) is 13.2 Å². The minimum atomic E-state index is -4.80. The van der Waals surface area contributed by atoms with Gasteiger partial charge in [0.2, 0.25) is 0 Å². The van der Waals surface area contributed by atoms with Gasteiger partial charge in [-0.3, -0.25) is 9.78 Å². The molecule has 0 saturated heterocycles. The van der Waals surface area contributed by atoms with Gasteiger partial charge in [-0.2, -0.15) is 0 Å². The normalized spacial score (nSPS) is 11.2. The van der Waals surface area contributed by atoms with Gasteiger partial charge in [0.1, 0.15) is 5.75 Å². The van der Waals surface area contributed by atoms with Crippen LogP contribution in [-0.4, -0.2) is 17.3 Å². The maximum absolute atomic E-state index is 12.6. The molecule has 2 N–H and O–H groups in total. The molecule has 0 bridgehead atoms. The van der Waals surface area contributed by atoms with E-state index in [0.29, 0.717) is 16.8 Å². The Morgan fingerprint density at radius 3 is 2.42 bits per heavy atom. The molecule has 3 aromatic rings. The summed E-state index contributed by atoms with van der Waals surface area (Å²) in [6.45, 7) is 0. The zero-order valence-electron chi connectivity index (χ0n) is 13.3. The SMILES string of the molecule is NC(=O)c1cccnc1-c1cccc(-c2ccccc2OC(F)(F)F)c1. The molecule has 4 nitrogen and oxygen atoms in total. The second-order valence-electron chi connectivity index (χ2n) is 5.39. The van der Waals surface area contributed by atoms with E-state index in [4.69, 9.17) is 5.73 Å². The van der Waals surface area contributed by atoms with Crippen LogP contribution in [0.2, 0.25) is 0 Å². The molecule has 132 valence electrons. The summed E-state index contributed by atoms with van der Waals surface area (Å²) in [7, 11) is 0. The van der Waals surface area contributed by atoms with Crippen molar-refractivity contribution in [2.45, 2.75) is 6.36 Å². The van der Waals surface area contributed by atoms with Crippen molar-refractivity contribution in [1.29, 1.82) is 0 Å². The Morgan fingerprint density at radius 2 is 1.69 bits per heavy atom. The van der Waals surface area contributed by atoms with E-state index in [1.54, 1.807) is 36.4 Å².